The highest BCUT2D eigenvalue weighted by atomic mass is 32.1. The molecule has 0 aliphatic heterocycles. The maximum absolute atomic E-state index is 12.2. The Labute approximate surface area is 116 Å². The smallest absolute Gasteiger partial charge is 0.265 e. The average Bonchev–Trinajstić information content (AvgIpc) is 2.75. The van der Waals surface area contributed by atoms with E-state index in [0.29, 0.717) is 10.6 Å². The van der Waals surface area contributed by atoms with E-state index in [-0.39, 0.29) is 17.2 Å². The number of oxime groups is 1. The van der Waals surface area contributed by atoms with Crippen LogP contribution in [0, 0.1) is 0 Å². The third-order valence-corrected chi connectivity index (χ3v) is 3.30. The van der Waals surface area contributed by atoms with Gasteiger partial charge in [0, 0.05) is 5.41 Å². The molecule has 4 N–H and O–H groups in total. The highest BCUT2D eigenvalue weighted by molar-refractivity contribution is 7.08. The lowest BCUT2D eigenvalue weighted by Gasteiger charge is -2.25. The van der Waals surface area contributed by atoms with Crippen molar-refractivity contribution in [3.05, 3.63) is 10.6 Å². The van der Waals surface area contributed by atoms with Crippen LogP contribution in [-0.4, -0.2) is 32.1 Å². The second-order valence-electron chi connectivity index (χ2n) is 5.77. The summed E-state index contributed by atoms with van der Waals surface area (Å²) in [6.07, 6.45) is 0. The van der Waals surface area contributed by atoms with Gasteiger partial charge in [0.25, 0.3) is 5.91 Å². The summed E-state index contributed by atoms with van der Waals surface area (Å²) >= 11 is 1.03. The van der Waals surface area contributed by atoms with Gasteiger partial charge in [-0.3, -0.25) is 4.79 Å². The molecule has 1 heterocycles. The average molecular weight is 285 g/mol. The first kappa shape index (κ1) is 15.4. The molecule has 0 saturated carbocycles. The fourth-order valence-electron chi connectivity index (χ4n) is 1.36. The van der Waals surface area contributed by atoms with Crippen molar-refractivity contribution in [2.75, 3.05) is 0 Å². The van der Waals surface area contributed by atoms with E-state index in [4.69, 9.17) is 10.9 Å². The minimum absolute atomic E-state index is 0.0735. The van der Waals surface area contributed by atoms with E-state index in [2.05, 4.69) is 20.1 Å². The lowest BCUT2D eigenvalue weighted by molar-refractivity contribution is 0.0932. The molecule has 0 aliphatic rings. The number of nitrogens with one attached hydrogen (secondary N) is 1. The predicted molar refractivity (Wildman–Crippen MR) is 73.6 cm³/mol. The van der Waals surface area contributed by atoms with Gasteiger partial charge in [-0.15, -0.1) is 5.10 Å². The van der Waals surface area contributed by atoms with Crippen LogP contribution in [-0.2, 0) is 5.41 Å². The number of carbonyl (C=O) groups is 1. The van der Waals surface area contributed by atoms with Crippen LogP contribution in [0.15, 0.2) is 5.16 Å². The van der Waals surface area contributed by atoms with E-state index in [1.165, 1.54) is 0 Å². The first-order valence-corrected chi connectivity index (χ1v) is 6.50. The summed E-state index contributed by atoms with van der Waals surface area (Å²) in [7, 11) is 0. The number of nitrogens with two attached hydrogens (primary N) is 1. The quantitative estimate of drug-likeness (QED) is 0.333. The molecule has 0 saturated heterocycles. The molecule has 1 aromatic rings. The van der Waals surface area contributed by atoms with Crippen molar-refractivity contribution in [1.82, 2.24) is 14.9 Å². The van der Waals surface area contributed by atoms with Crippen LogP contribution >= 0.6 is 11.5 Å². The molecule has 1 aromatic heterocycles. The van der Waals surface area contributed by atoms with Gasteiger partial charge in [0.15, 0.2) is 5.84 Å². The van der Waals surface area contributed by atoms with Crippen LogP contribution < -0.4 is 11.1 Å². The van der Waals surface area contributed by atoms with E-state index in [0.717, 1.165) is 11.5 Å². The van der Waals surface area contributed by atoms with Crippen LogP contribution in [0.5, 0.6) is 0 Å². The van der Waals surface area contributed by atoms with Gasteiger partial charge in [-0.25, -0.2) is 0 Å². The Bertz CT molecular complexity index is 501. The molecule has 0 spiro atoms. The fourth-order valence-corrected chi connectivity index (χ4v) is 2.13. The standard InChI is InChI=1S/C11H19N5O2S/c1-10(2,3)7-6(19-16-14-7)8(17)13-11(4,5)9(12)15-18/h18H,1-5H3,(H2,12,15)(H,13,17). The van der Waals surface area contributed by atoms with E-state index in [9.17, 15) is 4.79 Å². The van der Waals surface area contributed by atoms with Crippen molar-refractivity contribution in [3.63, 3.8) is 0 Å². The van der Waals surface area contributed by atoms with Gasteiger partial charge in [-0.2, -0.15) is 0 Å². The number of nitrogens with zero attached hydrogens (tertiary/aromatic N) is 3. The maximum atomic E-state index is 12.2. The van der Waals surface area contributed by atoms with Crippen LogP contribution in [0.25, 0.3) is 0 Å². The maximum Gasteiger partial charge on any atom is 0.265 e. The molecule has 1 amide bonds. The monoisotopic (exact) mass is 285 g/mol. The Morgan fingerprint density at radius 2 is 1.95 bits per heavy atom. The van der Waals surface area contributed by atoms with Gasteiger partial charge in [0.2, 0.25) is 0 Å². The van der Waals surface area contributed by atoms with Crippen LogP contribution in [0.2, 0.25) is 0 Å². The normalized spacial score (nSPS) is 13.4. The molecule has 0 aromatic carbocycles. The zero-order valence-corrected chi connectivity index (χ0v) is 12.5. The molecule has 8 heteroatoms. The summed E-state index contributed by atoms with van der Waals surface area (Å²) in [6.45, 7) is 9.15. The second kappa shape index (κ2) is 5.12. The molecule has 0 fully saturated rings. The Morgan fingerprint density at radius 1 is 1.37 bits per heavy atom. The third kappa shape index (κ3) is 3.40. The van der Waals surface area contributed by atoms with Crippen molar-refractivity contribution in [1.29, 1.82) is 0 Å². The third-order valence-electron chi connectivity index (χ3n) is 2.58. The van der Waals surface area contributed by atoms with E-state index < -0.39 is 5.54 Å². The zero-order chi connectivity index (χ0) is 14.8. The molecule has 0 radical (unpaired) electrons. The summed E-state index contributed by atoms with van der Waals surface area (Å²) in [5, 5.41) is 18.3. The molecule has 7 nitrogen and oxygen atoms in total. The second-order valence-corrected chi connectivity index (χ2v) is 6.52. The largest absolute Gasteiger partial charge is 0.409 e. The predicted octanol–water partition coefficient (Wildman–Crippen LogP) is 1.09. The van der Waals surface area contributed by atoms with Crippen molar-refractivity contribution in [2.45, 2.75) is 45.6 Å². The van der Waals surface area contributed by atoms with Gasteiger partial charge in [0.1, 0.15) is 4.88 Å². The summed E-state index contributed by atoms with van der Waals surface area (Å²) in [5.74, 6) is -0.410. The first-order chi connectivity index (χ1) is 8.59. The first-order valence-electron chi connectivity index (χ1n) is 5.73. The molecule has 0 unspecified atom stereocenters. The Morgan fingerprint density at radius 3 is 2.42 bits per heavy atom. The van der Waals surface area contributed by atoms with E-state index in [1.54, 1.807) is 13.8 Å². The van der Waals surface area contributed by atoms with Gasteiger partial charge < -0.3 is 16.3 Å². The summed E-state index contributed by atoms with van der Waals surface area (Å²) < 4.78 is 3.82. The highest BCUT2D eigenvalue weighted by Crippen LogP contribution is 2.26. The number of amides is 1. The van der Waals surface area contributed by atoms with Gasteiger partial charge in [0.05, 0.1) is 11.2 Å². The molecular formula is C11H19N5O2S. The molecule has 106 valence electrons. The highest BCUT2D eigenvalue weighted by Gasteiger charge is 2.31. The number of amidine groups is 1. The summed E-state index contributed by atoms with van der Waals surface area (Å²) in [4.78, 5) is 12.7. The molecule has 0 atom stereocenters. The topological polar surface area (TPSA) is 113 Å². The number of rotatable bonds is 3. The molecule has 0 bridgehead atoms. The van der Waals surface area contributed by atoms with Crippen molar-refractivity contribution < 1.29 is 10.0 Å². The molecule has 1 rings (SSSR count). The molecule has 0 aliphatic carbocycles. The van der Waals surface area contributed by atoms with Gasteiger partial charge in [-0.1, -0.05) is 30.4 Å². The minimum atomic E-state index is -0.953. The van der Waals surface area contributed by atoms with Crippen LogP contribution in [0.1, 0.15) is 50.0 Å². The minimum Gasteiger partial charge on any atom is -0.409 e. The number of carbonyl (C=O) groups excluding carboxylic acids is 1. The molecular weight excluding hydrogens is 266 g/mol. The molecule has 19 heavy (non-hydrogen) atoms. The van der Waals surface area contributed by atoms with Crippen LogP contribution in [0.4, 0.5) is 0 Å². The number of hydrogen-bond acceptors (Lipinski definition) is 6. The lowest BCUT2D eigenvalue weighted by Crippen LogP contribution is -2.53. The summed E-state index contributed by atoms with van der Waals surface area (Å²) in [6, 6.07) is 0. The van der Waals surface area contributed by atoms with E-state index in [1.807, 2.05) is 20.8 Å². The van der Waals surface area contributed by atoms with Gasteiger partial charge >= 0.3 is 0 Å². The SMILES string of the molecule is CC(C)(NC(=O)c1snnc1C(C)(C)C)C(N)=NO. The zero-order valence-electron chi connectivity index (χ0n) is 11.7. The fraction of sp³-hybridized carbons (Fsp3) is 0.636. The number of aromatic nitrogens is 2. The Kier molecular flexibility index (Phi) is 4.14. The number of hydrogen-bond donors (Lipinski definition) is 3. The van der Waals surface area contributed by atoms with Gasteiger partial charge in [-0.05, 0) is 25.4 Å². The van der Waals surface area contributed by atoms with Crippen LogP contribution in [0.3, 0.4) is 0 Å². The van der Waals surface area contributed by atoms with Crippen molar-refractivity contribution in [2.24, 2.45) is 10.9 Å². The lowest BCUT2D eigenvalue weighted by atomic mass is 9.91. The Hall–Kier alpha value is -1.70. The van der Waals surface area contributed by atoms with E-state index >= 15 is 0 Å². The van der Waals surface area contributed by atoms with Crippen molar-refractivity contribution >= 4 is 23.3 Å². The van der Waals surface area contributed by atoms with Crippen molar-refractivity contribution in [3.8, 4) is 0 Å². The summed E-state index contributed by atoms with van der Waals surface area (Å²) in [5.41, 5.74) is 4.93. The Balaban J connectivity index is 3.01.